The smallest absolute Gasteiger partial charge is 0.251 e. The van der Waals surface area contributed by atoms with Crippen LogP contribution in [0.25, 0.3) is 22.3 Å². The lowest BCUT2D eigenvalue weighted by Gasteiger charge is -2.18. The molecule has 0 spiro atoms. The number of aromatic nitrogens is 1. The van der Waals surface area contributed by atoms with E-state index in [2.05, 4.69) is 22.4 Å². The van der Waals surface area contributed by atoms with Crippen molar-refractivity contribution < 1.29 is 4.79 Å². The first-order valence-corrected chi connectivity index (χ1v) is 9.48. The average Bonchev–Trinajstić information content (AvgIpc) is 2.73. The summed E-state index contributed by atoms with van der Waals surface area (Å²) < 4.78 is 0. The fourth-order valence-electron chi connectivity index (χ4n) is 3.07. The van der Waals surface area contributed by atoms with Crippen LogP contribution in [-0.4, -0.2) is 31.0 Å². The fourth-order valence-corrected chi connectivity index (χ4v) is 3.07. The number of hydrogen-bond donors (Lipinski definition) is 1. The predicted molar refractivity (Wildman–Crippen MR) is 117 cm³/mol. The number of nitrogens with zero attached hydrogens (tertiary/aromatic N) is 3. The van der Waals surface area contributed by atoms with Crippen LogP contribution in [0.2, 0.25) is 0 Å². The number of carbonyl (C=O) groups is 1. The Morgan fingerprint density at radius 3 is 2.17 bits per heavy atom. The van der Waals surface area contributed by atoms with Gasteiger partial charge in [-0.25, -0.2) is 4.98 Å². The first-order chi connectivity index (χ1) is 13.9. The van der Waals surface area contributed by atoms with Gasteiger partial charge in [-0.3, -0.25) is 4.79 Å². The van der Waals surface area contributed by atoms with Crippen LogP contribution in [0.1, 0.15) is 29.8 Å². The van der Waals surface area contributed by atoms with Gasteiger partial charge in [0.05, 0.1) is 11.6 Å². The molecule has 0 saturated heterocycles. The van der Waals surface area contributed by atoms with Gasteiger partial charge in [0.2, 0.25) is 0 Å². The van der Waals surface area contributed by atoms with E-state index in [0.717, 1.165) is 28.1 Å². The Balaban J connectivity index is 1.98. The van der Waals surface area contributed by atoms with Crippen LogP contribution < -0.4 is 10.2 Å². The Bertz CT molecular complexity index is 1050. The number of amides is 1. The number of nitrogens with one attached hydrogen (secondary N) is 1. The summed E-state index contributed by atoms with van der Waals surface area (Å²) >= 11 is 0. The van der Waals surface area contributed by atoms with Gasteiger partial charge >= 0.3 is 0 Å². The second-order valence-corrected chi connectivity index (χ2v) is 7.38. The van der Waals surface area contributed by atoms with Gasteiger partial charge in [0, 0.05) is 43.0 Å². The van der Waals surface area contributed by atoms with Gasteiger partial charge in [0.25, 0.3) is 5.91 Å². The molecule has 3 rings (SSSR count). The van der Waals surface area contributed by atoms with Crippen molar-refractivity contribution in [2.24, 2.45) is 0 Å². The van der Waals surface area contributed by atoms with Crippen molar-refractivity contribution in [3.05, 3.63) is 71.9 Å². The summed E-state index contributed by atoms with van der Waals surface area (Å²) in [4.78, 5) is 18.8. The molecule has 3 aromatic rings. The number of pyridine rings is 1. The lowest BCUT2D eigenvalue weighted by atomic mass is 9.99. The molecule has 0 aliphatic carbocycles. The first kappa shape index (κ1) is 20.1. The molecule has 5 heteroatoms. The SMILES string of the molecule is CC(C)NC(=O)c1ccc(-c2cnc(N(C)C)c(-c3ccc(C#N)cc3)c2)cc1. The number of rotatable bonds is 5. The molecule has 0 fully saturated rings. The summed E-state index contributed by atoms with van der Waals surface area (Å²) in [7, 11) is 3.91. The van der Waals surface area contributed by atoms with Gasteiger partial charge in [-0.05, 0) is 55.3 Å². The maximum absolute atomic E-state index is 12.2. The summed E-state index contributed by atoms with van der Waals surface area (Å²) in [6.07, 6.45) is 1.84. The third-order valence-corrected chi connectivity index (χ3v) is 4.52. The van der Waals surface area contributed by atoms with Gasteiger partial charge in [0.1, 0.15) is 5.82 Å². The van der Waals surface area contributed by atoms with E-state index in [9.17, 15) is 4.79 Å². The fraction of sp³-hybridized carbons (Fsp3) is 0.208. The van der Waals surface area contributed by atoms with Crippen molar-refractivity contribution in [1.82, 2.24) is 10.3 Å². The highest BCUT2D eigenvalue weighted by Crippen LogP contribution is 2.32. The molecule has 0 aliphatic rings. The molecule has 1 aromatic heterocycles. The molecule has 0 atom stereocenters. The first-order valence-electron chi connectivity index (χ1n) is 9.48. The molecular weight excluding hydrogens is 360 g/mol. The van der Waals surface area contributed by atoms with E-state index < -0.39 is 0 Å². The van der Waals surface area contributed by atoms with Crippen LogP contribution in [0.15, 0.2) is 60.8 Å². The molecule has 0 bridgehead atoms. The minimum absolute atomic E-state index is 0.0779. The van der Waals surface area contributed by atoms with Crippen LogP contribution in [0, 0.1) is 11.3 Å². The molecule has 29 heavy (non-hydrogen) atoms. The molecule has 2 aromatic carbocycles. The zero-order chi connectivity index (χ0) is 21.0. The Labute approximate surface area is 171 Å². The molecular formula is C24H24N4O. The quantitative estimate of drug-likeness (QED) is 0.704. The maximum Gasteiger partial charge on any atom is 0.251 e. The Morgan fingerprint density at radius 2 is 1.62 bits per heavy atom. The molecule has 1 N–H and O–H groups in total. The summed E-state index contributed by atoms with van der Waals surface area (Å²) in [5.41, 5.74) is 5.19. The predicted octanol–water partition coefficient (Wildman–Crippen LogP) is 4.49. The van der Waals surface area contributed by atoms with Crippen LogP contribution in [-0.2, 0) is 0 Å². The van der Waals surface area contributed by atoms with E-state index >= 15 is 0 Å². The van der Waals surface area contributed by atoms with Crippen molar-refractivity contribution >= 4 is 11.7 Å². The molecule has 5 nitrogen and oxygen atoms in total. The monoisotopic (exact) mass is 384 g/mol. The Morgan fingerprint density at radius 1 is 1.00 bits per heavy atom. The highest BCUT2D eigenvalue weighted by atomic mass is 16.1. The largest absolute Gasteiger partial charge is 0.362 e. The van der Waals surface area contributed by atoms with Gasteiger partial charge in [-0.15, -0.1) is 0 Å². The summed E-state index contributed by atoms with van der Waals surface area (Å²) in [6, 6.07) is 19.4. The van der Waals surface area contributed by atoms with E-state index in [1.54, 1.807) is 0 Å². The van der Waals surface area contributed by atoms with Crippen molar-refractivity contribution in [3.8, 4) is 28.3 Å². The van der Waals surface area contributed by atoms with Crippen molar-refractivity contribution in [3.63, 3.8) is 0 Å². The van der Waals surface area contributed by atoms with Crippen molar-refractivity contribution in [1.29, 1.82) is 5.26 Å². The van der Waals surface area contributed by atoms with Gasteiger partial charge < -0.3 is 10.2 Å². The average molecular weight is 384 g/mol. The van der Waals surface area contributed by atoms with E-state index in [1.165, 1.54) is 0 Å². The topological polar surface area (TPSA) is 69.0 Å². The zero-order valence-electron chi connectivity index (χ0n) is 17.1. The Hall–Kier alpha value is -3.65. The summed E-state index contributed by atoms with van der Waals surface area (Å²) in [5, 5.41) is 11.9. The highest BCUT2D eigenvalue weighted by molar-refractivity contribution is 5.95. The second-order valence-electron chi connectivity index (χ2n) is 7.38. The van der Waals surface area contributed by atoms with E-state index in [1.807, 2.05) is 87.6 Å². The normalized spacial score (nSPS) is 10.5. The summed E-state index contributed by atoms with van der Waals surface area (Å²) in [6.45, 7) is 3.88. The standard InChI is InChI=1S/C24H24N4O/c1-16(2)27-24(29)20-11-9-18(10-12-20)21-13-22(23(26-15-21)28(3)4)19-7-5-17(14-25)6-8-19/h5-13,15-16H,1-4H3,(H,27,29). The van der Waals surface area contributed by atoms with Crippen molar-refractivity contribution in [2.75, 3.05) is 19.0 Å². The number of hydrogen-bond acceptors (Lipinski definition) is 4. The number of carbonyl (C=O) groups excluding carboxylic acids is 1. The van der Waals surface area contributed by atoms with E-state index in [0.29, 0.717) is 11.1 Å². The minimum atomic E-state index is -0.0779. The third-order valence-electron chi connectivity index (χ3n) is 4.52. The molecule has 146 valence electrons. The van der Waals surface area contributed by atoms with E-state index in [4.69, 9.17) is 5.26 Å². The van der Waals surface area contributed by atoms with Crippen LogP contribution >= 0.6 is 0 Å². The molecule has 1 heterocycles. The molecule has 0 aliphatic heterocycles. The minimum Gasteiger partial charge on any atom is -0.362 e. The van der Waals surface area contributed by atoms with Crippen LogP contribution in [0.4, 0.5) is 5.82 Å². The summed E-state index contributed by atoms with van der Waals surface area (Å²) in [5.74, 6) is 0.775. The molecule has 0 radical (unpaired) electrons. The highest BCUT2D eigenvalue weighted by Gasteiger charge is 2.12. The number of benzene rings is 2. The van der Waals surface area contributed by atoms with Gasteiger partial charge in [0.15, 0.2) is 0 Å². The van der Waals surface area contributed by atoms with Gasteiger partial charge in [-0.1, -0.05) is 24.3 Å². The van der Waals surface area contributed by atoms with E-state index in [-0.39, 0.29) is 11.9 Å². The molecule has 0 unspecified atom stereocenters. The molecule has 1 amide bonds. The van der Waals surface area contributed by atoms with Crippen molar-refractivity contribution in [2.45, 2.75) is 19.9 Å². The maximum atomic E-state index is 12.2. The number of anilines is 1. The second kappa shape index (κ2) is 8.57. The van der Waals surface area contributed by atoms with Crippen LogP contribution in [0.3, 0.4) is 0 Å². The lowest BCUT2D eigenvalue weighted by Crippen LogP contribution is -2.29. The Kier molecular flexibility index (Phi) is 5.94. The lowest BCUT2D eigenvalue weighted by molar-refractivity contribution is 0.0943. The molecule has 0 saturated carbocycles. The number of nitriles is 1. The zero-order valence-corrected chi connectivity index (χ0v) is 17.1. The van der Waals surface area contributed by atoms with Crippen LogP contribution in [0.5, 0.6) is 0 Å². The van der Waals surface area contributed by atoms with Gasteiger partial charge in [-0.2, -0.15) is 5.26 Å². The third kappa shape index (κ3) is 4.61.